The van der Waals surface area contributed by atoms with E-state index in [4.69, 9.17) is 18.9 Å². The first-order valence-electron chi connectivity index (χ1n) is 10.6. The van der Waals surface area contributed by atoms with Crippen LogP contribution < -0.4 is 15.4 Å². The minimum Gasteiger partial charge on any atom is -0.497 e. The van der Waals surface area contributed by atoms with Crippen LogP contribution in [0.2, 0.25) is 0 Å². The number of rotatable bonds is 8. The van der Waals surface area contributed by atoms with Crippen molar-refractivity contribution in [2.45, 2.75) is 33.4 Å². The Morgan fingerprint density at radius 2 is 1.90 bits per heavy atom. The number of hydrogen-bond donors (Lipinski definition) is 2. The highest BCUT2D eigenvalue weighted by Gasteiger charge is 2.23. The van der Waals surface area contributed by atoms with Crippen LogP contribution in [-0.2, 0) is 11.3 Å². The van der Waals surface area contributed by atoms with Gasteiger partial charge in [0.1, 0.15) is 17.3 Å². The SMILES string of the molecule is CCNC(=NCc1cc(C)oc1C)NCC(c1ccc(OC)cc1)N1CCOCC1. The van der Waals surface area contributed by atoms with E-state index in [1.165, 1.54) is 5.56 Å². The Morgan fingerprint density at radius 3 is 2.50 bits per heavy atom. The molecule has 1 atom stereocenters. The van der Waals surface area contributed by atoms with Crippen LogP contribution in [-0.4, -0.2) is 57.4 Å². The van der Waals surface area contributed by atoms with Gasteiger partial charge in [-0.05, 0) is 44.5 Å². The average molecular weight is 415 g/mol. The topological polar surface area (TPSA) is 71.3 Å². The van der Waals surface area contributed by atoms with Gasteiger partial charge in [0.25, 0.3) is 0 Å². The highest BCUT2D eigenvalue weighted by atomic mass is 16.5. The molecule has 1 fully saturated rings. The zero-order valence-electron chi connectivity index (χ0n) is 18.5. The van der Waals surface area contributed by atoms with Crippen LogP contribution in [0.15, 0.2) is 39.7 Å². The lowest BCUT2D eigenvalue weighted by Crippen LogP contribution is -2.46. The number of morpholine rings is 1. The van der Waals surface area contributed by atoms with Gasteiger partial charge < -0.3 is 24.5 Å². The standard InChI is InChI=1S/C23H34N4O3/c1-5-24-23(25-15-20-14-17(2)30-18(20)3)26-16-22(27-10-12-29-13-11-27)19-6-8-21(28-4)9-7-19/h6-9,14,22H,5,10-13,15-16H2,1-4H3,(H2,24,25,26). The summed E-state index contributed by atoms with van der Waals surface area (Å²) in [6.45, 7) is 11.5. The van der Waals surface area contributed by atoms with E-state index in [1.807, 2.05) is 26.0 Å². The molecule has 7 nitrogen and oxygen atoms in total. The Kier molecular flexibility index (Phi) is 8.16. The fraction of sp³-hybridized carbons (Fsp3) is 0.522. The molecule has 2 aromatic rings. The van der Waals surface area contributed by atoms with Crippen molar-refractivity contribution in [3.63, 3.8) is 0 Å². The second-order valence-electron chi connectivity index (χ2n) is 7.45. The molecule has 1 aliphatic rings. The van der Waals surface area contributed by atoms with Crippen LogP contribution in [0.4, 0.5) is 0 Å². The maximum Gasteiger partial charge on any atom is 0.191 e. The Balaban J connectivity index is 1.72. The van der Waals surface area contributed by atoms with E-state index in [2.05, 4.69) is 40.7 Å². The molecule has 0 amide bonds. The molecule has 7 heteroatoms. The summed E-state index contributed by atoms with van der Waals surface area (Å²) < 4.78 is 16.5. The lowest BCUT2D eigenvalue weighted by atomic mass is 10.0. The van der Waals surface area contributed by atoms with Gasteiger partial charge in [0, 0.05) is 31.7 Å². The fourth-order valence-electron chi connectivity index (χ4n) is 3.71. The summed E-state index contributed by atoms with van der Waals surface area (Å²) >= 11 is 0. The molecule has 0 radical (unpaired) electrons. The molecule has 1 aliphatic heterocycles. The Bertz CT molecular complexity index is 810. The number of guanidine groups is 1. The summed E-state index contributed by atoms with van der Waals surface area (Å²) in [5.41, 5.74) is 2.37. The number of aliphatic imine (C=N–C) groups is 1. The van der Waals surface area contributed by atoms with Crippen LogP contribution in [0.3, 0.4) is 0 Å². The van der Waals surface area contributed by atoms with Crippen LogP contribution >= 0.6 is 0 Å². The first-order chi connectivity index (χ1) is 14.6. The summed E-state index contributed by atoms with van der Waals surface area (Å²) in [5.74, 6) is 3.52. The fourth-order valence-corrected chi connectivity index (χ4v) is 3.71. The van der Waals surface area contributed by atoms with E-state index >= 15 is 0 Å². The summed E-state index contributed by atoms with van der Waals surface area (Å²) in [6, 6.07) is 10.6. The quantitative estimate of drug-likeness (QED) is 0.511. The molecule has 30 heavy (non-hydrogen) atoms. The molecule has 0 aliphatic carbocycles. The minimum absolute atomic E-state index is 0.224. The third-order valence-electron chi connectivity index (χ3n) is 5.35. The largest absolute Gasteiger partial charge is 0.497 e. The Labute approximate surface area is 179 Å². The molecule has 164 valence electrons. The number of furan rings is 1. The number of hydrogen-bond acceptors (Lipinski definition) is 5. The zero-order chi connectivity index (χ0) is 21.3. The highest BCUT2D eigenvalue weighted by Crippen LogP contribution is 2.23. The first-order valence-corrected chi connectivity index (χ1v) is 10.6. The molecule has 1 aromatic heterocycles. The maximum absolute atomic E-state index is 5.62. The van der Waals surface area contributed by atoms with Crippen molar-refractivity contribution >= 4 is 5.96 Å². The second-order valence-corrected chi connectivity index (χ2v) is 7.45. The predicted octanol–water partition coefficient (Wildman–Crippen LogP) is 3.03. The van der Waals surface area contributed by atoms with Gasteiger partial charge in [-0.3, -0.25) is 4.90 Å². The summed E-state index contributed by atoms with van der Waals surface area (Å²) in [4.78, 5) is 7.23. The highest BCUT2D eigenvalue weighted by molar-refractivity contribution is 5.79. The van der Waals surface area contributed by atoms with Gasteiger partial charge in [-0.1, -0.05) is 12.1 Å². The van der Waals surface area contributed by atoms with Crippen LogP contribution in [0.5, 0.6) is 5.75 Å². The number of nitrogens with one attached hydrogen (secondary N) is 2. The monoisotopic (exact) mass is 414 g/mol. The summed E-state index contributed by atoms with van der Waals surface area (Å²) in [6.07, 6.45) is 0. The molecule has 2 N–H and O–H groups in total. The van der Waals surface area contributed by atoms with Crippen molar-refractivity contribution in [2.75, 3.05) is 46.5 Å². The van der Waals surface area contributed by atoms with Gasteiger partial charge >= 0.3 is 0 Å². The molecule has 1 unspecified atom stereocenters. The van der Waals surface area contributed by atoms with Crippen molar-refractivity contribution in [3.8, 4) is 5.75 Å². The predicted molar refractivity (Wildman–Crippen MR) is 119 cm³/mol. The van der Waals surface area contributed by atoms with Crippen LogP contribution in [0, 0.1) is 13.8 Å². The second kappa shape index (κ2) is 11.0. The number of benzene rings is 1. The molecule has 0 saturated carbocycles. The van der Waals surface area contributed by atoms with Crippen molar-refractivity contribution in [1.82, 2.24) is 15.5 Å². The van der Waals surface area contributed by atoms with Gasteiger partial charge in [0.2, 0.25) is 0 Å². The van der Waals surface area contributed by atoms with E-state index in [9.17, 15) is 0 Å². The van der Waals surface area contributed by atoms with Crippen LogP contribution in [0.1, 0.15) is 35.6 Å². The molecule has 2 heterocycles. The molecule has 0 spiro atoms. The van der Waals surface area contributed by atoms with Gasteiger partial charge in [0.05, 0.1) is 32.9 Å². The third-order valence-corrected chi connectivity index (χ3v) is 5.35. The molecule has 1 aromatic carbocycles. The van der Waals surface area contributed by atoms with Gasteiger partial charge in [-0.15, -0.1) is 0 Å². The van der Waals surface area contributed by atoms with E-state index in [0.717, 1.165) is 68.2 Å². The van der Waals surface area contributed by atoms with Crippen molar-refractivity contribution < 1.29 is 13.9 Å². The molecular weight excluding hydrogens is 380 g/mol. The van der Waals surface area contributed by atoms with E-state index in [-0.39, 0.29) is 6.04 Å². The third kappa shape index (κ3) is 6.00. The molecular formula is C23H34N4O3. The first kappa shape index (κ1) is 22.2. The number of methoxy groups -OCH3 is 1. The summed E-state index contributed by atoms with van der Waals surface area (Å²) in [7, 11) is 1.69. The molecule has 0 bridgehead atoms. The smallest absolute Gasteiger partial charge is 0.191 e. The zero-order valence-corrected chi connectivity index (χ0v) is 18.5. The lowest BCUT2D eigenvalue weighted by molar-refractivity contribution is 0.0170. The number of nitrogens with zero attached hydrogens (tertiary/aromatic N) is 2. The van der Waals surface area contributed by atoms with E-state index in [0.29, 0.717) is 6.54 Å². The summed E-state index contributed by atoms with van der Waals surface area (Å²) in [5, 5.41) is 6.89. The lowest BCUT2D eigenvalue weighted by Gasteiger charge is -2.35. The van der Waals surface area contributed by atoms with Crippen molar-refractivity contribution in [2.24, 2.45) is 4.99 Å². The minimum atomic E-state index is 0.224. The molecule has 1 saturated heterocycles. The Hall–Kier alpha value is -2.51. The van der Waals surface area contributed by atoms with Crippen molar-refractivity contribution in [1.29, 1.82) is 0 Å². The van der Waals surface area contributed by atoms with Crippen molar-refractivity contribution in [3.05, 3.63) is 53.0 Å². The van der Waals surface area contributed by atoms with Gasteiger partial charge in [0.15, 0.2) is 5.96 Å². The Morgan fingerprint density at radius 1 is 1.17 bits per heavy atom. The van der Waals surface area contributed by atoms with Crippen LogP contribution in [0.25, 0.3) is 0 Å². The van der Waals surface area contributed by atoms with Gasteiger partial charge in [-0.25, -0.2) is 4.99 Å². The normalized spacial score (nSPS) is 16.3. The molecule has 3 rings (SSSR count). The number of aryl methyl sites for hydroxylation is 2. The van der Waals surface area contributed by atoms with E-state index < -0.39 is 0 Å². The maximum atomic E-state index is 5.62. The van der Waals surface area contributed by atoms with E-state index in [1.54, 1.807) is 7.11 Å². The number of ether oxygens (including phenoxy) is 2. The average Bonchev–Trinajstić information content (AvgIpc) is 3.10. The van der Waals surface area contributed by atoms with Gasteiger partial charge in [-0.2, -0.15) is 0 Å².